The SMILES string of the molecule is O=C(Oc1ccc([N+](=O)[O-])cc1)c1cc2cc(C(F)(F)P(=O)(Cl)Cl)ccc2s1. The van der Waals surface area contributed by atoms with Crippen LogP contribution >= 0.6 is 39.7 Å². The molecular formula is C16H8Cl2F2NO5PS. The van der Waals surface area contributed by atoms with Gasteiger partial charge in [-0.05, 0) is 58.2 Å². The second-order valence-electron chi connectivity index (χ2n) is 5.51. The number of hydrogen-bond acceptors (Lipinski definition) is 6. The number of carbonyl (C=O) groups excluding carboxylic acids is 1. The molecule has 3 rings (SSSR count). The second kappa shape index (κ2) is 7.40. The number of nitro groups is 1. The Kier molecular flexibility index (Phi) is 5.46. The van der Waals surface area contributed by atoms with Crippen molar-refractivity contribution in [3.05, 3.63) is 69.1 Å². The molecule has 3 aromatic rings. The normalized spacial score (nSPS) is 12.1. The molecule has 146 valence electrons. The first-order valence-electron chi connectivity index (χ1n) is 7.37. The van der Waals surface area contributed by atoms with E-state index in [1.54, 1.807) is 0 Å². The van der Waals surface area contributed by atoms with Crippen LogP contribution in [0.2, 0.25) is 0 Å². The summed E-state index contributed by atoms with van der Waals surface area (Å²) >= 11 is 11.3. The molecule has 0 aliphatic carbocycles. The summed E-state index contributed by atoms with van der Waals surface area (Å²) in [5, 5.41) is 10.9. The lowest BCUT2D eigenvalue weighted by Crippen LogP contribution is -2.08. The average molecular weight is 466 g/mol. The van der Waals surface area contributed by atoms with Crippen LogP contribution in [0.3, 0.4) is 0 Å². The molecular weight excluding hydrogens is 458 g/mol. The molecule has 0 spiro atoms. The van der Waals surface area contributed by atoms with Gasteiger partial charge in [-0.2, -0.15) is 8.78 Å². The molecule has 0 amide bonds. The van der Waals surface area contributed by atoms with E-state index in [0.717, 1.165) is 23.5 Å². The lowest BCUT2D eigenvalue weighted by Gasteiger charge is -2.17. The molecule has 0 unspecified atom stereocenters. The van der Waals surface area contributed by atoms with Crippen molar-refractivity contribution < 1.29 is 27.8 Å². The Morgan fingerprint density at radius 3 is 2.36 bits per heavy atom. The van der Waals surface area contributed by atoms with Crippen molar-refractivity contribution in [3.63, 3.8) is 0 Å². The molecule has 0 bridgehead atoms. The van der Waals surface area contributed by atoms with Crippen LogP contribution < -0.4 is 4.74 Å². The van der Waals surface area contributed by atoms with Gasteiger partial charge in [-0.25, -0.2) is 4.79 Å². The van der Waals surface area contributed by atoms with Gasteiger partial charge < -0.3 is 4.74 Å². The first-order chi connectivity index (χ1) is 13.0. The third-order valence-corrected chi connectivity index (χ3v) is 6.93. The van der Waals surface area contributed by atoms with Crippen molar-refractivity contribution in [1.82, 2.24) is 0 Å². The Morgan fingerprint density at radius 2 is 1.79 bits per heavy atom. The quantitative estimate of drug-likeness (QED) is 0.137. The number of ether oxygens (including phenoxy) is 1. The van der Waals surface area contributed by atoms with Gasteiger partial charge in [-0.15, -0.1) is 11.3 Å². The number of nitro benzene ring substituents is 1. The summed E-state index contributed by atoms with van der Waals surface area (Å²) in [6.45, 7) is 0. The summed E-state index contributed by atoms with van der Waals surface area (Å²) in [5.74, 6) is -5.43. The van der Waals surface area contributed by atoms with E-state index < -0.39 is 28.0 Å². The Hall–Kier alpha value is -2.06. The third kappa shape index (κ3) is 4.03. The van der Waals surface area contributed by atoms with E-state index in [1.807, 2.05) is 0 Å². The predicted octanol–water partition coefficient (Wildman–Crippen LogP) is 6.75. The zero-order valence-electron chi connectivity index (χ0n) is 13.5. The molecule has 0 atom stereocenters. The number of non-ortho nitro benzene ring substituents is 1. The molecule has 0 saturated heterocycles. The maximum Gasteiger partial charge on any atom is 0.353 e. The van der Waals surface area contributed by atoms with Crippen molar-refractivity contribution in [1.29, 1.82) is 0 Å². The van der Waals surface area contributed by atoms with Crippen molar-refractivity contribution in [2.24, 2.45) is 0 Å². The van der Waals surface area contributed by atoms with Gasteiger partial charge in [0.15, 0.2) is 0 Å². The highest BCUT2D eigenvalue weighted by atomic mass is 35.9. The van der Waals surface area contributed by atoms with Crippen molar-refractivity contribution >= 4 is 61.4 Å². The van der Waals surface area contributed by atoms with Crippen LogP contribution in [0.25, 0.3) is 10.1 Å². The molecule has 12 heteroatoms. The van der Waals surface area contributed by atoms with Gasteiger partial charge in [-0.1, -0.05) is 6.07 Å². The summed E-state index contributed by atoms with van der Waals surface area (Å²) < 4.78 is 45.2. The van der Waals surface area contributed by atoms with Gasteiger partial charge in [0.05, 0.1) is 4.92 Å². The van der Waals surface area contributed by atoms with Crippen LogP contribution in [0.15, 0.2) is 48.5 Å². The minimum Gasteiger partial charge on any atom is -0.422 e. The summed E-state index contributed by atoms with van der Waals surface area (Å²) in [6, 6.07) is 9.63. The van der Waals surface area contributed by atoms with Crippen LogP contribution in [0, 0.1) is 10.1 Å². The van der Waals surface area contributed by atoms with Gasteiger partial charge in [0.2, 0.25) is 0 Å². The minimum atomic E-state index is -4.76. The highest BCUT2D eigenvalue weighted by Crippen LogP contribution is 2.72. The molecule has 0 fully saturated rings. The Balaban J connectivity index is 1.86. The summed E-state index contributed by atoms with van der Waals surface area (Å²) in [6.07, 6.45) is 0. The highest BCUT2D eigenvalue weighted by Gasteiger charge is 2.49. The number of hydrogen-bond donors (Lipinski definition) is 0. The van der Waals surface area contributed by atoms with Crippen molar-refractivity contribution in [2.45, 2.75) is 5.66 Å². The Bertz CT molecular complexity index is 1130. The smallest absolute Gasteiger partial charge is 0.353 e. The maximum atomic E-state index is 14.1. The van der Waals surface area contributed by atoms with Crippen molar-refractivity contribution in [2.75, 3.05) is 0 Å². The van der Waals surface area contributed by atoms with E-state index in [2.05, 4.69) is 0 Å². The number of esters is 1. The summed E-state index contributed by atoms with van der Waals surface area (Å²) in [7, 11) is 0. The van der Waals surface area contributed by atoms with E-state index in [0.29, 0.717) is 10.1 Å². The summed E-state index contributed by atoms with van der Waals surface area (Å²) in [4.78, 5) is 22.4. The van der Waals surface area contributed by atoms with Crippen LogP contribution in [0.5, 0.6) is 5.75 Å². The number of nitrogens with zero attached hydrogens (tertiary/aromatic N) is 1. The van der Waals surface area contributed by atoms with E-state index >= 15 is 0 Å². The largest absolute Gasteiger partial charge is 0.422 e. The number of carbonyl (C=O) groups is 1. The van der Waals surface area contributed by atoms with E-state index in [4.69, 9.17) is 27.2 Å². The molecule has 6 nitrogen and oxygen atoms in total. The third-order valence-electron chi connectivity index (χ3n) is 3.65. The Morgan fingerprint density at radius 1 is 1.14 bits per heavy atom. The maximum absolute atomic E-state index is 14.1. The fourth-order valence-corrected chi connectivity index (χ4v) is 4.22. The number of halogens is 4. The molecule has 0 saturated carbocycles. The lowest BCUT2D eigenvalue weighted by molar-refractivity contribution is -0.384. The number of alkyl halides is 2. The molecule has 0 aliphatic rings. The van der Waals surface area contributed by atoms with E-state index in [-0.39, 0.29) is 16.3 Å². The number of rotatable bonds is 5. The fourth-order valence-electron chi connectivity index (χ4n) is 2.27. The molecule has 2 aromatic carbocycles. The molecule has 0 N–H and O–H groups in total. The molecule has 28 heavy (non-hydrogen) atoms. The van der Waals surface area contributed by atoms with Gasteiger partial charge in [0, 0.05) is 22.4 Å². The zero-order chi connectivity index (χ0) is 20.7. The van der Waals surface area contributed by atoms with E-state index in [9.17, 15) is 28.3 Å². The van der Waals surface area contributed by atoms with Crippen LogP contribution in [-0.4, -0.2) is 10.9 Å². The zero-order valence-corrected chi connectivity index (χ0v) is 16.7. The van der Waals surface area contributed by atoms with Crippen LogP contribution in [-0.2, 0) is 10.2 Å². The molecule has 1 aromatic heterocycles. The first kappa shape index (κ1) is 20.7. The highest BCUT2D eigenvalue weighted by molar-refractivity contribution is 8.09. The number of fused-ring (bicyclic) bond motifs is 1. The van der Waals surface area contributed by atoms with Gasteiger partial charge in [-0.3, -0.25) is 14.7 Å². The minimum absolute atomic E-state index is 0.0884. The fraction of sp³-hybridized carbons (Fsp3) is 0.0625. The van der Waals surface area contributed by atoms with Gasteiger partial charge in [0.1, 0.15) is 10.6 Å². The van der Waals surface area contributed by atoms with Gasteiger partial charge in [0.25, 0.3) is 5.69 Å². The number of benzene rings is 2. The topological polar surface area (TPSA) is 86.5 Å². The molecule has 1 heterocycles. The monoisotopic (exact) mass is 465 g/mol. The average Bonchev–Trinajstić information content (AvgIpc) is 3.04. The van der Waals surface area contributed by atoms with E-state index in [1.165, 1.54) is 36.4 Å². The van der Waals surface area contributed by atoms with Crippen LogP contribution in [0.4, 0.5) is 14.5 Å². The second-order valence-corrected chi connectivity index (χ2v) is 11.5. The first-order valence-corrected chi connectivity index (χ1v) is 11.7. The summed E-state index contributed by atoms with van der Waals surface area (Å²) in [5.41, 5.74) is -4.74. The van der Waals surface area contributed by atoms with Gasteiger partial charge >= 0.3 is 17.5 Å². The molecule has 0 aliphatic heterocycles. The van der Waals surface area contributed by atoms with Crippen molar-refractivity contribution in [3.8, 4) is 5.75 Å². The lowest BCUT2D eigenvalue weighted by atomic mass is 10.1. The van der Waals surface area contributed by atoms with Crippen LogP contribution in [0.1, 0.15) is 15.2 Å². The predicted molar refractivity (Wildman–Crippen MR) is 103 cm³/mol. The standard InChI is InChI=1S/C16H8Cl2F2NO5PS/c17-27(18,25)16(19,20)10-1-6-13-9(7-10)8-14(28-13)15(22)26-12-4-2-11(3-5-12)21(23)24/h1-8H. The molecule has 0 radical (unpaired) electrons. The number of thiophene rings is 1. The Labute approximate surface area is 169 Å².